The van der Waals surface area contributed by atoms with Crippen LogP contribution in [-0.2, 0) is 19.5 Å². The molecule has 1 aliphatic rings. The van der Waals surface area contributed by atoms with Crippen molar-refractivity contribution in [1.82, 2.24) is 20.5 Å². The SMILES string of the molecule is CCNC(=NCc1ccccn1)NCCN1CCc2ccccc2C1.I. The second-order valence-corrected chi connectivity index (χ2v) is 6.24. The van der Waals surface area contributed by atoms with Gasteiger partial charge in [-0.1, -0.05) is 30.3 Å². The Morgan fingerprint density at radius 1 is 1.12 bits per heavy atom. The minimum atomic E-state index is 0. The number of hydrogen-bond donors (Lipinski definition) is 2. The highest BCUT2D eigenvalue weighted by molar-refractivity contribution is 14.0. The van der Waals surface area contributed by atoms with Gasteiger partial charge in [-0.15, -0.1) is 24.0 Å². The molecular weight excluding hydrogens is 437 g/mol. The second-order valence-electron chi connectivity index (χ2n) is 6.24. The van der Waals surface area contributed by atoms with Crippen molar-refractivity contribution in [2.24, 2.45) is 4.99 Å². The van der Waals surface area contributed by atoms with Crippen molar-refractivity contribution in [3.05, 3.63) is 65.5 Å². The first-order valence-electron chi connectivity index (χ1n) is 9.06. The van der Waals surface area contributed by atoms with Gasteiger partial charge in [0.1, 0.15) is 0 Å². The molecule has 0 amide bonds. The molecule has 26 heavy (non-hydrogen) atoms. The maximum atomic E-state index is 4.62. The van der Waals surface area contributed by atoms with Crippen molar-refractivity contribution in [1.29, 1.82) is 0 Å². The Bertz CT molecular complexity index is 690. The molecule has 2 aromatic rings. The molecule has 0 atom stereocenters. The fraction of sp³-hybridized carbons (Fsp3) is 0.400. The van der Waals surface area contributed by atoms with Crippen LogP contribution in [-0.4, -0.2) is 42.0 Å². The van der Waals surface area contributed by atoms with E-state index in [2.05, 4.69) is 56.7 Å². The Morgan fingerprint density at radius 3 is 2.69 bits per heavy atom. The Balaban J connectivity index is 0.00000243. The molecule has 140 valence electrons. The van der Waals surface area contributed by atoms with E-state index < -0.39 is 0 Å². The smallest absolute Gasteiger partial charge is 0.191 e. The number of nitrogens with zero attached hydrogens (tertiary/aromatic N) is 3. The van der Waals surface area contributed by atoms with Crippen LogP contribution >= 0.6 is 24.0 Å². The first kappa shape index (κ1) is 20.6. The molecule has 1 aromatic heterocycles. The van der Waals surface area contributed by atoms with Crippen molar-refractivity contribution in [2.75, 3.05) is 26.2 Å². The maximum absolute atomic E-state index is 4.62. The third-order valence-electron chi connectivity index (χ3n) is 4.40. The fourth-order valence-corrected chi connectivity index (χ4v) is 3.07. The number of fused-ring (bicyclic) bond motifs is 1. The zero-order valence-corrected chi connectivity index (χ0v) is 17.6. The summed E-state index contributed by atoms with van der Waals surface area (Å²) in [6.07, 6.45) is 2.95. The first-order valence-corrected chi connectivity index (χ1v) is 9.06. The number of benzene rings is 1. The summed E-state index contributed by atoms with van der Waals surface area (Å²) in [6, 6.07) is 14.7. The van der Waals surface area contributed by atoms with Crippen LogP contribution in [0.25, 0.3) is 0 Å². The quantitative estimate of drug-likeness (QED) is 0.392. The molecular formula is C20H28IN5. The van der Waals surface area contributed by atoms with Crippen LogP contribution in [0.3, 0.4) is 0 Å². The molecule has 0 radical (unpaired) electrons. The van der Waals surface area contributed by atoms with E-state index in [1.165, 1.54) is 11.1 Å². The summed E-state index contributed by atoms with van der Waals surface area (Å²) in [5, 5.41) is 6.73. The third-order valence-corrected chi connectivity index (χ3v) is 4.40. The Morgan fingerprint density at radius 2 is 1.92 bits per heavy atom. The van der Waals surface area contributed by atoms with E-state index in [0.717, 1.165) is 50.8 Å². The van der Waals surface area contributed by atoms with Gasteiger partial charge < -0.3 is 10.6 Å². The fourth-order valence-electron chi connectivity index (χ4n) is 3.07. The molecule has 3 rings (SSSR count). The van der Waals surface area contributed by atoms with Crippen molar-refractivity contribution < 1.29 is 0 Å². The van der Waals surface area contributed by atoms with Gasteiger partial charge >= 0.3 is 0 Å². The zero-order valence-electron chi connectivity index (χ0n) is 15.3. The second kappa shape index (κ2) is 11.1. The molecule has 6 heteroatoms. The number of aliphatic imine (C=N–C) groups is 1. The van der Waals surface area contributed by atoms with Gasteiger partial charge in [-0.25, -0.2) is 4.99 Å². The molecule has 0 unspecified atom stereocenters. The van der Waals surface area contributed by atoms with Gasteiger partial charge in [-0.05, 0) is 36.6 Å². The standard InChI is InChI=1S/C20H27N5.HI/c1-2-21-20(24-15-19-9-5-6-11-22-19)23-12-14-25-13-10-17-7-3-4-8-18(17)16-25;/h3-9,11H,2,10,12-16H2,1H3,(H2,21,23,24);1H. The number of aromatic nitrogens is 1. The van der Waals surface area contributed by atoms with E-state index >= 15 is 0 Å². The normalized spacial score (nSPS) is 14.3. The number of nitrogens with one attached hydrogen (secondary N) is 2. The lowest BCUT2D eigenvalue weighted by Crippen LogP contribution is -2.42. The lowest BCUT2D eigenvalue weighted by atomic mass is 10.00. The molecule has 0 spiro atoms. The topological polar surface area (TPSA) is 52.6 Å². The van der Waals surface area contributed by atoms with Gasteiger partial charge in [-0.3, -0.25) is 9.88 Å². The highest BCUT2D eigenvalue weighted by atomic mass is 127. The monoisotopic (exact) mass is 465 g/mol. The third kappa shape index (κ3) is 6.25. The van der Waals surface area contributed by atoms with Crippen LogP contribution < -0.4 is 10.6 Å². The van der Waals surface area contributed by atoms with Gasteiger partial charge in [0, 0.05) is 38.9 Å². The highest BCUT2D eigenvalue weighted by Crippen LogP contribution is 2.17. The predicted molar refractivity (Wildman–Crippen MR) is 118 cm³/mol. The molecule has 5 nitrogen and oxygen atoms in total. The maximum Gasteiger partial charge on any atom is 0.191 e. The summed E-state index contributed by atoms with van der Waals surface area (Å²) < 4.78 is 0. The molecule has 2 N–H and O–H groups in total. The number of hydrogen-bond acceptors (Lipinski definition) is 3. The molecule has 0 bridgehead atoms. The van der Waals surface area contributed by atoms with Crippen LogP contribution in [0.15, 0.2) is 53.7 Å². The molecule has 1 aromatic carbocycles. The van der Waals surface area contributed by atoms with Gasteiger partial charge in [0.2, 0.25) is 0 Å². The van der Waals surface area contributed by atoms with E-state index in [-0.39, 0.29) is 24.0 Å². The molecule has 0 saturated carbocycles. The van der Waals surface area contributed by atoms with Gasteiger partial charge in [0.05, 0.1) is 12.2 Å². The lowest BCUT2D eigenvalue weighted by molar-refractivity contribution is 0.258. The summed E-state index contributed by atoms with van der Waals surface area (Å²) in [5.74, 6) is 0.852. The van der Waals surface area contributed by atoms with Gasteiger partial charge in [-0.2, -0.15) is 0 Å². The number of halogens is 1. The summed E-state index contributed by atoms with van der Waals surface area (Å²) in [5.41, 5.74) is 3.94. The van der Waals surface area contributed by atoms with Crippen molar-refractivity contribution in [3.8, 4) is 0 Å². The predicted octanol–water partition coefficient (Wildman–Crippen LogP) is 2.81. The van der Waals surface area contributed by atoms with Crippen LogP contribution in [0, 0.1) is 0 Å². The van der Waals surface area contributed by atoms with E-state index in [4.69, 9.17) is 0 Å². The minimum absolute atomic E-state index is 0. The van der Waals surface area contributed by atoms with Gasteiger partial charge in [0.15, 0.2) is 5.96 Å². The van der Waals surface area contributed by atoms with Crippen molar-refractivity contribution >= 4 is 29.9 Å². The molecule has 1 aliphatic heterocycles. The minimum Gasteiger partial charge on any atom is -0.357 e. The number of pyridine rings is 1. The first-order chi connectivity index (χ1) is 12.3. The molecule has 0 saturated heterocycles. The average molecular weight is 465 g/mol. The van der Waals surface area contributed by atoms with E-state index in [9.17, 15) is 0 Å². The summed E-state index contributed by atoms with van der Waals surface area (Å²) in [4.78, 5) is 11.4. The van der Waals surface area contributed by atoms with Crippen LogP contribution in [0.4, 0.5) is 0 Å². The summed E-state index contributed by atoms with van der Waals surface area (Å²) >= 11 is 0. The van der Waals surface area contributed by atoms with Crippen LogP contribution in [0.1, 0.15) is 23.7 Å². The molecule has 2 heterocycles. The van der Waals surface area contributed by atoms with Crippen LogP contribution in [0.5, 0.6) is 0 Å². The zero-order chi connectivity index (χ0) is 17.3. The van der Waals surface area contributed by atoms with Crippen molar-refractivity contribution in [3.63, 3.8) is 0 Å². The Hall–Kier alpha value is -1.67. The lowest BCUT2D eigenvalue weighted by Gasteiger charge is -2.28. The molecule has 0 aliphatic carbocycles. The molecule has 0 fully saturated rings. The Labute approximate surface area is 173 Å². The van der Waals surface area contributed by atoms with E-state index in [1.807, 2.05) is 18.2 Å². The summed E-state index contributed by atoms with van der Waals surface area (Å²) in [6.45, 7) is 7.59. The number of guanidine groups is 1. The Kier molecular flexibility index (Phi) is 8.84. The van der Waals surface area contributed by atoms with E-state index in [0.29, 0.717) is 6.54 Å². The largest absolute Gasteiger partial charge is 0.357 e. The van der Waals surface area contributed by atoms with E-state index in [1.54, 1.807) is 6.20 Å². The number of rotatable bonds is 6. The highest BCUT2D eigenvalue weighted by Gasteiger charge is 2.14. The van der Waals surface area contributed by atoms with Crippen LogP contribution in [0.2, 0.25) is 0 Å². The van der Waals surface area contributed by atoms with Gasteiger partial charge in [0.25, 0.3) is 0 Å². The average Bonchev–Trinajstić information content (AvgIpc) is 2.67. The van der Waals surface area contributed by atoms with Crippen molar-refractivity contribution in [2.45, 2.75) is 26.4 Å². The summed E-state index contributed by atoms with van der Waals surface area (Å²) in [7, 11) is 0.